The summed E-state index contributed by atoms with van der Waals surface area (Å²) in [6.45, 7) is 1.86. The molecule has 2 aromatic carbocycles. The number of anilines is 1. The van der Waals surface area contributed by atoms with Crippen molar-refractivity contribution in [2.24, 2.45) is 5.73 Å². The van der Waals surface area contributed by atoms with Gasteiger partial charge >= 0.3 is 0 Å². The molecule has 0 aliphatic carbocycles. The van der Waals surface area contributed by atoms with Crippen molar-refractivity contribution in [2.45, 2.75) is 13.3 Å². The largest absolute Gasteiger partial charge is 0.496 e. The highest BCUT2D eigenvalue weighted by molar-refractivity contribution is 9.10. The Balaban J connectivity index is 1.77. The summed E-state index contributed by atoms with van der Waals surface area (Å²) in [6.07, 6.45) is 0.665. The van der Waals surface area contributed by atoms with Gasteiger partial charge in [0.2, 0.25) is 0 Å². The third-order valence-electron chi connectivity index (χ3n) is 4.57. The lowest BCUT2D eigenvalue weighted by Crippen LogP contribution is -2.34. The summed E-state index contributed by atoms with van der Waals surface area (Å²) in [5.41, 5.74) is 8.31. The number of hydrogen-bond acceptors (Lipinski definition) is 5. The number of thiocarbonyl (C=S) groups is 1. The lowest BCUT2D eigenvalue weighted by molar-refractivity contribution is 0.0975. The monoisotopic (exact) mass is 517 g/mol. The van der Waals surface area contributed by atoms with Gasteiger partial charge in [0.05, 0.1) is 17.1 Å². The van der Waals surface area contributed by atoms with Crippen molar-refractivity contribution >= 4 is 61.4 Å². The number of carbonyl (C=O) groups is 2. The maximum Gasteiger partial charge on any atom is 0.257 e. The number of nitrogens with one attached hydrogen (secondary N) is 2. The summed E-state index contributed by atoms with van der Waals surface area (Å²) >= 11 is 10.0. The van der Waals surface area contributed by atoms with Crippen LogP contribution in [0.1, 0.15) is 36.7 Å². The van der Waals surface area contributed by atoms with Gasteiger partial charge in [0.25, 0.3) is 11.8 Å². The van der Waals surface area contributed by atoms with Crippen LogP contribution >= 0.6 is 39.5 Å². The number of halogens is 1. The van der Waals surface area contributed by atoms with Crippen LogP contribution in [-0.4, -0.2) is 24.0 Å². The normalized spacial score (nSPS) is 10.4. The van der Waals surface area contributed by atoms with Crippen LogP contribution in [0.3, 0.4) is 0 Å². The fraction of sp³-hybridized carbons (Fsp3) is 0.136. The van der Waals surface area contributed by atoms with Gasteiger partial charge in [0.1, 0.15) is 10.8 Å². The molecule has 0 radical (unpaired) electrons. The first-order valence-electron chi connectivity index (χ1n) is 9.22. The molecular formula is C22H20BrN3O3S2. The van der Waals surface area contributed by atoms with Crippen LogP contribution in [0.15, 0.2) is 53.0 Å². The fourth-order valence-electron chi connectivity index (χ4n) is 3.01. The number of carbonyl (C=O) groups excluding carboxylic acids is 2. The molecule has 1 aromatic heterocycles. The molecule has 1 heterocycles. The van der Waals surface area contributed by atoms with Crippen LogP contribution < -0.4 is 21.1 Å². The Morgan fingerprint density at radius 1 is 1.19 bits per heavy atom. The van der Waals surface area contributed by atoms with E-state index in [4.69, 9.17) is 22.7 Å². The zero-order valence-corrected chi connectivity index (χ0v) is 20.0. The van der Waals surface area contributed by atoms with E-state index in [0.717, 1.165) is 16.0 Å². The number of methoxy groups -OCH3 is 1. The molecule has 0 aliphatic heterocycles. The number of hydrogen-bond donors (Lipinski definition) is 3. The summed E-state index contributed by atoms with van der Waals surface area (Å²) in [7, 11) is 1.55. The first kappa shape index (κ1) is 22.9. The summed E-state index contributed by atoms with van der Waals surface area (Å²) in [5, 5.41) is 6.17. The molecule has 0 bridgehead atoms. The van der Waals surface area contributed by atoms with E-state index < -0.39 is 5.91 Å². The number of ether oxygens (including phenoxy) is 1. The Hall–Kier alpha value is -2.75. The van der Waals surface area contributed by atoms with E-state index in [1.54, 1.807) is 25.3 Å². The van der Waals surface area contributed by atoms with Crippen LogP contribution in [0.2, 0.25) is 0 Å². The van der Waals surface area contributed by atoms with E-state index in [2.05, 4.69) is 26.6 Å². The molecule has 6 nitrogen and oxygen atoms in total. The quantitative estimate of drug-likeness (QED) is 0.414. The van der Waals surface area contributed by atoms with Crippen molar-refractivity contribution in [2.75, 3.05) is 12.4 Å². The minimum Gasteiger partial charge on any atom is -0.496 e. The highest BCUT2D eigenvalue weighted by Crippen LogP contribution is 2.34. The molecule has 2 amide bonds. The Labute approximate surface area is 197 Å². The summed E-state index contributed by atoms with van der Waals surface area (Å²) < 4.78 is 5.82. The molecule has 0 spiro atoms. The lowest BCUT2D eigenvalue weighted by atomic mass is 10.1. The van der Waals surface area contributed by atoms with Crippen molar-refractivity contribution in [3.8, 4) is 5.75 Å². The third-order valence-corrected chi connectivity index (χ3v) is 6.60. The standard InChI is InChI=1S/C22H20BrN3O3S2/c1-12-17(10-13-6-4-3-5-7-13)31-21(18(12)19(24)27)26-22(30)25-20(28)14-8-9-16(29-2)15(23)11-14/h3-9,11H,10H2,1-2H3,(H2,24,27)(H2,25,26,28,30). The van der Waals surface area contributed by atoms with Gasteiger partial charge in [0, 0.05) is 16.9 Å². The molecule has 31 heavy (non-hydrogen) atoms. The zero-order chi connectivity index (χ0) is 22.5. The van der Waals surface area contributed by atoms with Crippen LogP contribution in [-0.2, 0) is 6.42 Å². The summed E-state index contributed by atoms with van der Waals surface area (Å²) in [4.78, 5) is 25.6. The van der Waals surface area contributed by atoms with E-state index in [9.17, 15) is 9.59 Å². The van der Waals surface area contributed by atoms with Gasteiger partial charge in [-0.3, -0.25) is 14.9 Å². The van der Waals surface area contributed by atoms with Crippen molar-refractivity contribution in [3.63, 3.8) is 0 Å². The number of amides is 2. The van der Waals surface area contributed by atoms with Crippen molar-refractivity contribution < 1.29 is 14.3 Å². The first-order valence-corrected chi connectivity index (χ1v) is 11.2. The van der Waals surface area contributed by atoms with Crippen molar-refractivity contribution in [1.29, 1.82) is 0 Å². The number of rotatable bonds is 6. The maximum absolute atomic E-state index is 12.5. The van der Waals surface area contributed by atoms with Crippen LogP contribution in [0, 0.1) is 6.92 Å². The second-order valence-corrected chi connectivity index (χ2v) is 9.01. The van der Waals surface area contributed by atoms with Crippen LogP contribution in [0.25, 0.3) is 0 Å². The molecule has 0 saturated carbocycles. The van der Waals surface area contributed by atoms with Gasteiger partial charge in [0.15, 0.2) is 5.11 Å². The predicted octanol–water partition coefficient (Wildman–Crippen LogP) is 4.64. The van der Waals surface area contributed by atoms with Crippen molar-refractivity contribution in [1.82, 2.24) is 5.32 Å². The molecule has 3 rings (SSSR count). The highest BCUT2D eigenvalue weighted by Gasteiger charge is 2.21. The van der Waals surface area contributed by atoms with Gasteiger partial charge in [-0.05, 0) is 64.4 Å². The Kier molecular flexibility index (Phi) is 7.42. The smallest absolute Gasteiger partial charge is 0.257 e. The molecule has 0 saturated heterocycles. The topological polar surface area (TPSA) is 93.4 Å². The van der Waals surface area contributed by atoms with E-state index >= 15 is 0 Å². The molecule has 9 heteroatoms. The average Bonchev–Trinajstić information content (AvgIpc) is 3.03. The van der Waals surface area contributed by atoms with E-state index in [1.165, 1.54) is 11.3 Å². The molecule has 3 aromatic rings. The Morgan fingerprint density at radius 2 is 1.90 bits per heavy atom. The van der Waals surface area contributed by atoms with Gasteiger partial charge in [-0.15, -0.1) is 11.3 Å². The number of thiophene rings is 1. The lowest BCUT2D eigenvalue weighted by Gasteiger charge is -2.10. The molecule has 0 aliphatic rings. The van der Waals surface area contributed by atoms with Crippen molar-refractivity contribution in [3.05, 3.63) is 80.1 Å². The number of primary amides is 1. The van der Waals surface area contributed by atoms with Gasteiger partial charge < -0.3 is 15.8 Å². The van der Waals surface area contributed by atoms with Gasteiger partial charge in [-0.25, -0.2) is 0 Å². The van der Waals surface area contributed by atoms with Gasteiger partial charge in [-0.1, -0.05) is 30.3 Å². The maximum atomic E-state index is 12.5. The third kappa shape index (κ3) is 5.49. The van der Waals surface area contributed by atoms with E-state index in [-0.39, 0.29) is 11.0 Å². The second-order valence-electron chi connectivity index (χ2n) is 6.64. The molecule has 4 N–H and O–H groups in total. The van der Waals surface area contributed by atoms with Gasteiger partial charge in [-0.2, -0.15) is 0 Å². The predicted molar refractivity (Wildman–Crippen MR) is 131 cm³/mol. The Morgan fingerprint density at radius 3 is 2.52 bits per heavy atom. The molecule has 160 valence electrons. The highest BCUT2D eigenvalue weighted by atomic mass is 79.9. The average molecular weight is 518 g/mol. The minimum atomic E-state index is -0.552. The molecular weight excluding hydrogens is 498 g/mol. The zero-order valence-electron chi connectivity index (χ0n) is 16.8. The number of benzene rings is 2. The Bertz CT molecular complexity index is 1150. The second kappa shape index (κ2) is 10.0. The molecule has 0 unspecified atom stereocenters. The summed E-state index contributed by atoms with van der Waals surface area (Å²) in [5.74, 6) is -0.327. The minimum absolute atomic E-state index is 0.0759. The van der Waals surface area contributed by atoms with E-state index in [1.807, 2.05) is 37.3 Å². The fourth-order valence-corrected chi connectivity index (χ4v) is 5.06. The molecule has 0 atom stereocenters. The summed E-state index contributed by atoms with van der Waals surface area (Å²) in [6, 6.07) is 14.9. The first-order chi connectivity index (χ1) is 14.8. The van der Waals surface area contributed by atoms with E-state index in [0.29, 0.717) is 32.8 Å². The van der Waals surface area contributed by atoms with Crippen LogP contribution in [0.5, 0.6) is 5.75 Å². The molecule has 0 fully saturated rings. The van der Waals surface area contributed by atoms with Crippen LogP contribution in [0.4, 0.5) is 5.00 Å². The SMILES string of the molecule is COc1ccc(C(=O)NC(=S)Nc2sc(Cc3ccccc3)c(C)c2C(N)=O)cc1Br. The number of nitrogens with two attached hydrogens (primary N) is 1.